The monoisotopic (exact) mass is 314 g/mol. The smallest absolute Gasteiger partial charge is 0.223 e. The van der Waals surface area contributed by atoms with Crippen molar-refractivity contribution in [3.63, 3.8) is 0 Å². The molecule has 0 radical (unpaired) electrons. The number of halogens is 1. The molecule has 1 heterocycles. The van der Waals surface area contributed by atoms with E-state index in [1.165, 1.54) is 18.0 Å². The molecule has 0 amide bonds. The van der Waals surface area contributed by atoms with Crippen LogP contribution in [0.5, 0.6) is 0 Å². The molecule has 0 aliphatic rings. The van der Waals surface area contributed by atoms with Crippen LogP contribution in [0.25, 0.3) is 0 Å². The third kappa shape index (κ3) is 3.68. The molecule has 0 bridgehead atoms. The highest BCUT2D eigenvalue weighted by atomic mass is 35.5. The highest BCUT2D eigenvalue weighted by Crippen LogP contribution is 2.29. The summed E-state index contributed by atoms with van der Waals surface area (Å²) in [6.45, 7) is 1.89. The highest BCUT2D eigenvalue weighted by Gasteiger charge is 2.08. The molecule has 1 aromatic carbocycles. The number of hydrogen-bond acceptors (Lipinski definition) is 5. The van der Waals surface area contributed by atoms with E-state index in [0.29, 0.717) is 4.90 Å². The van der Waals surface area contributed by atoms with Crippen LogP contribution in [0.3, 0.4) is 0 Å². The number of hydrogen-bond donors (Lipinski definition) is 0. The lowest BCUT2D eigenvalue weighted by atomic mass is 10.4. The minimum absolute atomic E-state index is 0.195. The van der Waals surface area contributed by atoms with Gasteiger partial charge >= 0.3 is 0 Å². The molecule has 0 N–H and O–H groups in total. The standard InChI is InChI=1S/C12H11ClN2O2S2/c1-8-7-14-12(13)15-11(8)18-9-3-5-10(6-4-9)19(2,16)17/h3-7H,1-2H3. The van der Waals surface area contributed by atoms with E-state index >= 15 is 0 Å². The van der Waals surface area contributed by atoms with Gasteiger partial charge < -0.3 is 0 Å². The summed E-state index contributed by atoms with van der Waals surface area (Å²) in [6, 6.07) is 6.65. The highest BCUT2D eigenvalue weighted by molar-refractivity contribution is 7.99. The Morgan fingerprint density at radius 3 is 2.42 bits per heavy atom. The lowest BCUT2D eigenvalue weighted by Crippen LogP contribution is -1.96. The van der Waals surface area contributed by atoms with E-state index < -0.39 is 9.84 Å². The molecule has 2 aromatic rings. The van der Waals surface area contributed by atoms with Gasteiger partial charge in [0.2, 0.25) is 5.28 Å². The molecule has 0 spiro atoms. The molecule has 0 aliphatic carbocycles. The van der Waals surface area contributed by atoms with Crippen molar-refractivity contribution in [2.24, 2.45) is 0 Å². The maximum Gasteiger partial charge on any atom is 0.223 e. The third-order valence-electron chi connectivity index (χ3n) is 2.36. The molecular weight excluding hydrogens is 304 g/mol. The van der Waals surface area contributed by atoms with E-state index in [-0.39, 0.29) is 5.28 Å². The number of aryl methyl sites for hydroxylation is 1. The van der Waals surface area contributed by atoms with Crippen molar-refractivity contribution >= 4 is 33.2 Å². The van der Waals surface area contributed by atoms with Gasteiger partial charge in [-0.1, -0.05) is 11.8 Å². The number of rotatable bonds is 3. The van der Waals surface area contributed by atoms with E-state index in [0.717, 1.165) is 15.5 Å². The molecule has 7 heteroatoms. The zero-order chi connectivity index (χ0) is 14.0. The van der Waals surface area contributed by atoms with Crippen molar-refractivity contribution < 1.29 is 8.42 Å². The Kier molecular flexibility index (Phi) is 4.13. The lowest BCUT2D eigenvalue weighted by molar-refractivity contribution is 0.602. The molecule has 0 fully saturated rings. The van der Waals surface area contributed by atoms with Gasteiger partial charge in [-0.15, -0.1) is 0 Å². The molecular formula is C12H11ClN2O2S2. The third-order valence-corrected chi connectivity index (χ3v) is 4.79. The molecule has 0 aliphatic heterocycles. The van der Waals surface area contributed by atoms with Gasteiger partial charge in [0.05, 0.1) is 4.90 Å². The van der Waals surface area contributed by atoms with Crippen molar-refractivity contribution in [1.29, 1.82) is 0 Å². The molecule has 0 unspecified atom stereocenters. The zero-order valence-electron chi connectivity index (χ0n) is 10.3. The van der Waals surface area contributed by atoms with Crippen molar-refractivity contribution in [3.8, 4) is 0 Å². The molecule has 19 heavy (non-hydrogen) atoms. The van der Waals surface area contributed by atoms with Crippen molar-refractivity contribution in [2.75, 3.05) is 6.26 Å². The first-order valence-electron chi connectivity index (χ1n) is 5.33. The van der Waals surface area contributed by atoms with Crippen LogP contribution in [0.1, 0.15) is 5.56 Å². The van der Waals surface area contributed by atoms with Gasteiger partial charge in [-0.25, -0.2) is 18.4 Å². The fourth-order valence-electron chi connectivity index (χ4n) is 1.38. The van der Waals surface area contributed by atoms with Gasteiger partial charge in [-0.3, -0.25) is 0 Å². The zero-order valence-corrected chi connectivity index (χ0v) is 12.7. The number of benzene rings is 1. The fraction of sp³-hybridized carbons (Fsp3) is 0.167. The number of sulfone groups is 1. The van der Waals surface area contributed by atoms with Crippen LogP contribution in [0.4, 0.5) is 0 Å². The van der Waals surface area contributed by atoms with Gasteiger partial charge in [0, 0.05) is 22.9 Å². The second-order valence-electron chi connectivity index (χ2n) is 3.97. The largest absolute Gasteiger partial charge is 0.226 e. The average Bonchev–Trinajstić information content (AvgIpc) is 2.33. The maximum atomic E-state index is 11.4. The van der Waals surface area contributed by atoms with E-state index in [9.17, 15) is 8.42 Å². The quantitative estimate of drug-likeness (QED) is 0.644. The Morgan fingerprint density at radius 1 is 1.21 bits per heavy atom. The fourth-order valence-corrected chi connectivity index (χ4v) is 3.03. The molecule has 0 atom stereocenters. The van der Waals surface area contributed by atoms with Crippen molar-refractivity contribution in [1.82, 2.24) is 9.97 Å². The van der Waals surface area contributed by atoms with Gasteiger partial charge in [-0.2, -0.15) is 0 Å². The van der Waals surface area contributed by atoms with Gasteiger partial charge in [0.15, 0.2) is 9.84 Å². The summed E-state index contributed by atoms with van der Waals surface area (Å²) in [6.07, 6.45) is 2.84. The van der Waals surface area contributed by atoms with E-state index in [1.807, 2.05) is 6.92 Å². The van der Waals surface area contributed by atoms with Crippen molar-refractivity contribution in [3.05, 3.63) is 41.3 Å². The summed E-state index contributed by atoms with van der Waals surface area (Å²) < 4.78 is 22.7. The Balaban J connectivity index is 2.27. The van der Waals surface area contributed by atoms with Gasteiger partial charge in [-0.05, 0) is 42.8 Å². The normalized spacial score (nSPS) is 11.5. The molecule has 4 nitrogen and oxygen atoms in total. The minimum atomic E-state index is -3.16. The summed E-state index contributed by atoms with van der Waals surface area (Å²) in [7, 11) is -3.16. The first kappa shape index (κ1) is 14.3. The molecule has 0 saturated heterocycles. The summed E-state index contributed by atoms with van der Waals surface area (Å²) in [5.74, 6) is 0. The van der Waals surface area contributed by atoms with Crippen LogP contribution in [0.2, 0.25) is 5.28 Å². The van der Waals surface area contributed by atoms with Crippen LogP contribution in [-0.4, -0.2) is 24.6 Å². The molecule has 100 valence electrons. The molecule has 2 rings (SSSR count). The van der Waals surface area contributed by atoms with Crippen LogP contribution >= 0.6 is 23.4 Å². The van der Waals surface area contributed by atoms with Crippen LogP contribution in [-0.2, 0) is 9.84 Å². The molecule has 1 aromatic heterocycles. The molecule has 0 saturated carbocycles. The van der Waals surface area contributed by atoms with E-state index in [2.05, 4.69) is 9.97 Å². The predicted molar refractivity (Wildman–Crippen MR) is 75.5 cm³/mol. The second-order valence-corrected chi connectivity index (χ2v) is 7.39. The summed E-state index contributed by atoms with van der Waals surface area (Å²) in [5.41, 5.74) is 0.918. The SMILES string of the molecule is Cc1cnc(Cl)nc1Sc1ccc(S(C)(=O)=O)cc1. The Labute approximate surface area is 121 Å². The second kappa shape index (κ2) is 5.48. The first-order valence-corrected chi connectivity index (χ1v) is 8.42. The average molecular weight is 315 g/mol. The predicted octanol–water partition coefficient (Wildman–Crippen LogP) is 2.99. The summed E-state index contributed by atoms with van der Waals surface area (Å²) in [5, 5.41) is 0.952. The van der Waals surface area contributed by atoms with E-state index in [1.54, 1.807) is 30.5 Å². The van der Waals surface area contributed by atoms with Crippen LogP contribution in [0, 0.1) is 6.92 Å². The van der Waals surface area contributed by atoms with Gasteiger partial charge in [0.25, 0.3) is 0 Å². The van der Waals surface area contributed by atoms with E-state index in [4.69, 9.17) is 11.6 Å². The summed E-state index contributed by atoms with van der Waals surface area (Å²) in [4.78, 5) is 9.22. The van der Waals surface area contributed by atoms with Crippen LogP contribution < -0.4 is 0 Å². The topological polar surface area (TPSA) is 59.9 Å². The Morgan fingerprint density at radius 2 is 1.84 bits per heavy atom. The number of nitrogens with zero attached hydrogens (tertiary/aromatic N) is 2. The Bertz CT molecular complexity index is 700. The lowest BCUT2D eigenvalue weighted by Gasteiger charge is -2.05. The minimum Gasteiger partial charge on any atom is -0.226 e. The van der Waals surface area contributed by atoms with Gasteiger partial charge in [0.1, 0.15) is 5.03 Å². The van der Waals surface area contributed by atoms with Crippen LogP contribution in [0.15, 0.2) is 45.3 Å². The Hall–Kier alpha value is -1.11. The van der Waals surface area contributed by atoms with Crippen molar-refractivity contribution in [2.45, 2.75) is 21.7 Å². The number of aromatic nitrogens is 2. The maximum absolute atomic E-state index is 11.4. The summed E-state index contributed by atoms with van der Waals surface area (Å²) >= 11 is 7.17. The first-order chi connectivity index (χ1) is 8.86.